The number of aromatic nitrogens is 2. The molecule has 1 N–H and O–H groups in total. The molecule has 0 unspecified atom stereocenters. The zero-order valence-electron chi connectivity index (χ0n) is 12.2. The highest BCUT2D eigenvalue weighted by Crippen LogP contribution is 2.30. The minimum atomic E-state index is -0.206. The third kappa shape index (κ3) is 3.95. The molecule has 0 aliphatic carbocycles. The molecule has 2 aromatic rings. The molecule has 0 radical (unpaired) electrons. The van der Waals surface area contributed by atoms with Crippen molar-refractivity contribution in [1.82, 2.24) is 10.2 Å². The molecule has 7 heteroatoms. The molecular weight excluding hydrogens is 304 g/mol. The summed E-state index contributed by atoms with van der Waals surface area (Å²) in [6.07, 6.45) is 0. The fourth-order valence-electron chi connectivity index (χ4n) is 1.85. The van der Waals surface area contributed by atoms with E-state index < -0.39 is 0 Å². The first kappa shape index (κ1) is 15.8. The monoisotopic (exact) mass is 322 g/mol. The van der Waals surface area contributed by atoms with Crippen LogP contribution in [0.25, 0.3) is 0 Å². The molecular formula is C14H18N4OS2. The van der Waals surface area contributed by atoms with Gasteiger partial charge in [0.25, 0.3) is 0 Å². The Hall–Kier alpha value is -1.60. The highest BCUT2D eigenvalue weighted by atomic mass is 32.2. The summed E-state index contributed by atoms with van der Waals surface area (Å²) in [5.74, 6) is 0.0786. The summed E-state index contributed by atoms with van der Waals surface area (Å²) in [6.45, 7) is 4.52. The van der Waals surface area contributed by atoms with E-state index in [0.29, 0.717) is 6.54 Å². The molecule has 1 atom stereocenters. The van der Waals surface area contributed by atoms with Crippen LogP contribution in [0.3, 0.4) is 0 Å². The Labute approximate surface area is 132 Å². The maximum Gasteiger partial charge on any atom is 0.240 e. The zero-order valence-corrected chi connectivity index (χ0v) is 13.9. The van der Waals surface area contributed by atoms with Crippen molar-refractivity contribution in [2.75, 3.05) is 23.8 Å². The van der Waals surface area contributed by atoms with Gasteiger partial charge < -0.3 is 10.2 Å². The number of carbonyl (C=O) groups excluding carboxylic acids is 1. The number of benzene rings is 1. The van der Waals surface area contributed by atoms with Gasteiger partial charge in [-0.05, 0) is 26.0 Å². The second kappa shape index (κ2) is 7.42. The summed E-state index contributed by atoms with van der Waals surface area (Å²) < 4.78 is 0.796. The SMILES string of the molecule is CCN(C(=O)[C@@H](C)Sc1nnc(NC)s1)c1ccccc1. The molecule has 0 spiro atoms. The number of hydrogen-bond donors (Lipinski definition) is 1. The lowest BCUT2D eigenvalue weighted by Crippen LogP contribution is -2.36. The van der Waals surface area contributed by atoms with Crippen LogP contribution in [0.15, 0.2) is 34.7 Å². The van der Waals surface area contributed by atoms with Crippen LogP contribution in [0.2, 0.25) is 0 Å². The second-order valence-electron chi connectivity index (χ2n) is 4.30. The molecule has 5 nitrogen and oxygen atoms in total. The van der Waals surface area contributed by atoms with E-state index in [2.05, 4.69) is 15.5 Å². The number of nitrogens with one attached hydrogen (secondary N) is 1. The predicted molar refractivity (Wildman–Crippen MR) is 89.2 cm³/mol. The van der Waals surface area contributed by atoms with Crippen molar-refractivity contribution in [2.45, 2.75) is 23.4 Å². The summed E-state index contributed by atoms with van der Waals surface area (Å²) in [5.41, 5.74) is 0.922. The summed E-state index contributed by atoms with van der Waals surface area (Å²) >= 11 is 2.89. The summed E-state index contributed by atoms with van der Waals surface area (Å²) in [6, 6.07) is 9.71. The summed E-state index contributed by atoms with van der Waals surface area (Å²) in [7, 11) is 1.80. The van der Waals surface area contributed by atoms with Gasteiger partial charge in [0.1, 0.15) is 0 Å². The lowest BCUT2D eigenvalue weighted by atomic mass is 10.2. The average Bonchev–Trinajstić information content (AvgIpc) is 2.96. The van der Waals surface area contributed by atoms with Gasteiger partial charge in [-0.2, -0.15) is 0 Å². The van der Waals surface area contributed by atoms with E-state index >= 15 is 0 Å². The second-order valence-corrected chi connectivity index (χ2v) is 6.87. The molecule has 2 rings (SSSR count). The number of carbonyl (C=O) groups is 1. The van der Waals surface area contributed by atoms with Crippen LogP contribution in [0.1, 0.15) is 13.8 Å². The Bertz CT molecular complexity index is 588. The van der Waals surface area contributed by atoms with Gasteiger partial charge in [-0.1, -0.05) is 41.3 Å². The van der Waals surface area contributed by atoms with Crippen molar-refractivity contribution in [1.29, 1.82) is 0 Å². The van der Waals surface area contributed by atoms with E-state index in [-0.39, 0.29) is 11.2 Å². The lowest BCUT2D eigenvalue weighted by Gasteiger charge is -2.23. The van der Waals surface area contributed by atoms with Crippen molar-refractivity contribution in [3.8, 4) is 0 Å². The highest BCUT2D eigenvalue weighted by molar-refractivity contribution is 8.02. The molecule has 112 valence electrons. The van der Waals surface area contributed by atoms with Gasteiger partial charge in [-0.3, -0.25) is 4.79 Å². The minimum absolute atomic E-state index is 0.0786. The standard InChI is InChI=1S/C14H18N4OS2/c1-4-18(11-8-6-5-7-9-11)12(19)10(2)20-14-17-16-13(15-3)21-14/h5-10H,4H2,1-3H3,(H,15,16)/t10-/m1/s1. The van der Waals surface area contributed by atoms with Gasteiger partial charge in [0.2, 0.25) is 11.0 Å². The van der Waals surface area contributed by atoms with Crippen LogP contribution < -0.4 is 10.2 Å². The molecule has 0 aliphatic rings. The number of para-hydroxylation sites is 1. The van der Waals surface area contributed by atoms with E-state index in [0.717, 1.165) is 15.2 Å². The van der Waals surface area contributed by atoms with E-state index in [1.54, 1.807) is 11.9 Å². The first-order chi connectivity index (χ1) is 10.2. The molecule has 0 aliphatic heterocycles. The molecule has 1 aromatic carbocycles. The Morgan fingerprint density at radius 3 is 2.67 bits per heavy atom. The van der Waals surface area contributed by atoms with Gasteiger partial charge in [-0.15, -0.1) is 10.2 Å². The van der Waals surface area contributed by atoms with Gasteiger partial charge in [-0.25, -0.2) is 0 Å². The Morgan fingerprint density at radius 1 is 1.38 bits per heavy atom. The average molecular weight is 322 g/mol. The third-order valence-electron chi connectivity index (χ3n) is 2.90. The molecule has 1 aromatic heterocycles. The smallest absolute Gasteiger partial charge is 0.240 e. The topological polar surface area (TPSA) is 58.1 Å². The van der Waals surface area contributed by atoms with Crippen LogP contribution in [0.5, 0.6) is 0 Å². The first-order valence-corrected chi connectivity index (χ1v) is 8.39. The molecule has 0 saturated carbocycles. The Kier molecular flexibility index (Phi) is 5.58. The van der Waals surface area contributed by atoms with Crippen LogP contribution in [0, 0.1) is 0 Å². The van der Waals surface area contributed by atoms with Crippen LogP contribution >= 0.6 is 23.1 Å². The maximum absolute atomic E-state index is 12.6. The molecule has 21 heavy (non-hydrogen) atoms. The van der Waals surface area contributed by atoms with E-state index in [1.165, 1.54) is 23.1 Å². The normalized spacial score (nSPS) is 12.0. The van der Waals surface area contributed by atoms with E-state index in [4.69, 9.17) is 0 Å². The van der Waals surface area contributed by atoms with Crippen molar-refractivity contribution in [3.05, 3.63) is 30.3 Å². The number of amides is 1. The third-order valence-corrected chi connectivity index (χ3v) is 5.01. The molecule has 0 saturated heterocycles. The van der Waals surface area contributed by atoms with E-state index in [1.807, 2.05) is 44.2 Å². The maximum atomic E-state index is 12.6. The first-order valence-electron chi connectivity index (χ1n) is 6.70. The zero-order chi connectivity index (χ0) is 15.2. The predicted octanol–water partition coefficient (Wildman–Crippen LogP) is 3.11. The summed E-state index contributed by atoms with van der Waals surface area (Å²) in [4.78, 5) is 14.4. The van der Waals surface area contributed by atoms with Crippen LogP contribution in [-0.4, -0.2) is 34.9 Å². The quantitative estimate of drug-likeness (QED) is 0.828. The number of hydrogen-bond acceptors (Lipinski definition) is 6. The molecule has 1 heterocycles. The van der Waals surface area contributed by atoms with Crippen molar-refractivity contribution in [3.63, 3.8) is 0 Å². The molecule has 0 fully saturated rings. The lowest BCUT2D eigenvalue weighted by molar-refractivity contribution is -0.117. The fraction of sp³-hybridized carbons (Fsp3) is 0.357. The van der Waals surface area contributed by atoms with Crippen molar-refractivity contribution in [2.24, 2.45) is 0 Å². The Morgan fingerprint density at radius 2 is 2.10 bits per heavy atom. The van der Waals surface area contributed by atoms with Crippen molar-refractivity contribution < 1.29 is 4.79 Å². The Balaban J connectivity index is 2.06. The van der Waals surface area contributed by atoms with Crippen molar-refractivity contribution >= 4 is 39.8 Å². The fourth-order valence-corrected chi connectivity index (χ4v) is 3.76. The number of thioether (sulfide) groups is 1. The largest absolute Gasteiger partial charge is 0.363 e. The van der Waals surface area contributed by atoms with E-state index in [9.17, 15) is 4.79 Å². The number of rotatable bonds is 6. The van der Waals surface area contributed by atoms with Gasteiger partial charge in [0.05, 0.1) is 5.25 Å². The number of nitrogens with zero attached hydrogens (tertiary/aromatic N) is 3. The van der Waals surface area contributed by atoms with Crippen LogP contribution in [0.4, 0.5) is 10.8 Å². The van der Waals surface area contributed by atoms with Gasteiger partial charge in [0.15, 0.2) is 4.34 Å². The van der Waals surface area contributed by atoms with Gasteiger partial charge in [0, 0.05) is 19.3 Å². The summed E-state index contributed by atoms with van der Waals surface area (Å²) in [5, 5.41) is 11.5. The highest BCUT2D eigenvalue weighted by Gasteiger charge is 2.23. The van der Waals surface area contributed by atoms with Crippen LogP contribution in [-0.2, 0) is 4.79 Å². The number of anilines is 2. The molecule has 0 bridgehead atoms. The van der Waals surface area contributed by atoms with Gasteiger partial charge >= 0.3 is 0 Å². The minimum Gasteiger partial charge on any atom is -0.363 e. The molecule has 1 amide bonds.